The molecule has 0 fully saturated rings. The van der Waals surface area contributed by atoms with Crippen LogP contribution >= 0.6 is 0 Å². The molecule has 7 heteroatoms. The minimum atomic E-state index is -0.895. The Morgan fingerprint density at radius 1 is 1.41 bits per heavy atom. The fraction of sp³-hybridized carbons (Fsp3) is 0.467. The average molecular weight is 307 g/mol. The van der Waals surface area contributed by atoms with Crippen LogP contribution in [0.4, 0.5) is 4.79 Å². The van der Waals surface area contributed by atoms with Crippen LogP contribution < -0.4 is 11.1 Å². The van der Waals surface area contributed by atoms with Gasteiger partial charge in [0.15, 0.2) is 6.61 Å². The van der Waals surface area contributed by atoms with Crippen LogP contribution in [-0.2, 0) is 14.3 Å². The number of primary amides is 1. The molecule has 0 saturated carbocycles. The van der Waals surface area contributed by atoms with Crippen molar-refractivity contribution in [2.24, 2.45) is 11.7 Å². The first-order chi connectivity index (χ1) is 10.5. The maximum absolute atomic E-state index is 11.6. The molecule has 1 aliphatic carbocycles. The van der Waals surface area contributed by atoms with E-state index >= 15 is 0 Å². The highest BCUT2D eigenvalue weighted by molar-refractivity contribution is 5.77. The molecule has 0 bridgehead atoms. The molecule has 0 radical (unpaired) electrons. The van der Waals surface area contributed by atoms with Crippen LogP contribution in [0.5, 0.6) is 0 Å². The second kappa shape index (κ2) is 7.13. The molecule has 0 spiro atoms. The Bertz CT molecular complexity index is 537. The van der Waals surface area contributed by atoms with Gasteiger partial charge < -0.3 is 25.4 Å². The van der Waals surface area contributed by atoms with Gasteiger partial charge in [0.25, 0.3) is 5.91 Å². The van der Waals surface area contributed by atoms with Crippen LogP contribution in [0.2, 0.25) is 0 Å². The van der Waals surface area contributed by atoms with E-state index in [2.05, 4.69) is 15.0 Å². The number of carbonyl (C=O) groups is 2. The number of nitrogens with two attached hydrogens (primary N) is 1. The van der Waals surface area contributed by atoms with Gasteiger partial charge in [0, 0.05) is 18.4 Å². The second-order valence-electron chi connectivity index (χ2n) is 5.49. The summed E-state index contributed by atoms with van der Waals surface area (Å²) in [5, 5.41) is 3.21. The Morgan fingerprint density at radius 2 is 2.18 bits per heavy atom. The molecule has 3 N–H and O–H groups in total. The van der Waals surface area contributed by atoms with Gasteiger partial charge in [-0.2, -0.15) is 0 Å². The van der Waals surface area contributed by atoms with Crippen LogP contribution in [0.25, 0.3) is 0 Å². The van der Waals surface area contributed by atoms with Crippen molar-refractivity contribution in [3.63, 3.8) is 0 Å². The van der Waals surface area contributed by atoms with Crippen molar-refractivity contribution in [2.45, 2.75) is 12.5 Å². The summed E-state index contributed by atoms with van der Waals surface area (Å²) in [6, 6.07) is 0. The lowest BCUT2D eigenvalue weighted by Gasteiger charge is -2.26. The highest BCUT2D eigenvalue weighted by Gasteiger charge is 2.34. The van der Waals surface area contributed by atoms with Gasteiger partial charge in [-0.1, -0.05) is 6.08 Å². The molecule has 2 unspecified atom stereocenters. The van der Waals surface area contributed by atoms with Crippen molar-refractivity contribution >= 4 is 12.1 Å². The highest BCUT2D eigenvalue weighted by Crippen LogP contribution is 2.34. The van der Waals surface area contributed by atoms with E-state index in [1.807, 2.05) is 32.4 Å². The lowest BCUT2D eigenvalue weighted by Crippen LogP contribution is -2.31. The first-order valence-corrected chi connectivity index (χ1v) is 7.07. The number of carbonyl (C=O) groups excluding carboxylic acids is 2. The molecule has 7 nitrogen and oxygen atoms in total. The third-order valence-corrected chi connectivity index (χ3v) is 3.48. The third kappa shape index (κ3) is 4.11. The van der Waals surface area contributed by atoms with Gasteiger partial charge in [0.05, 0.1) is 5.92 Å². The summed E-state index contributed by atoms with van der Waals surface area (Å²) in [5.41, 5.74) is 7.08. The topological polar surface area (TPSA) is 93.9 Å². The molecule has 2 rings (SSSR count). The predicted octanol–water partition coefficient (Wildman–Crippen LogP) is 0.502. The summed E-state index contributed by atoms with van der Waals surface area (Å²) in [4.78, 5) is 24.3. The number of ether oxygens (including phenoxy) is 2. The van der Waals surface area contributed by atoms with Crippen LogP contribution in [0.3, 0.4) is 0 Å². The maximum atomic E-state index is 11.6. The number of rotatable bonds is 6. The van der Waals surface area contributed by atoms with Gasteiger partial charge in [-0.05, 0) is 38.2 Å². The normalized spacial score (nSPS) is 22.5. The van der Waals surface area contributed by atoms with E-state index in [4.69, 9.17) is 10.5 Å². The smallest absolute Gasteiger partial charge is 0.426 e. The zero-order valence-electron chi connectivity index (χ0n) is 12.7. The quantitative estimate of drug-likeness (QED) is 0.694. The molecule has 0 aromatic heterocycles. The summed E-state index contributed by atoms with van der Waals surface area (Å²) in [6.45, 7) is 0.421. The Hall–Kier alpha value is -2.28. The molecular formula is C15H21N3O4. The minimum Gasteiger partial charge on any atom is -0.426 e. The van der Waals surface area contributed by atoms with Gasteiger partial charge >= 0.3 is 6.16 Å². The van der Waals surface area contributed by atoms with Crippen molar-refractivity contribution in [3.05, 3.63) is 35.7 Å². The van der Waals surface area contributed by atoms with Gasteiger partial charge in [-0.15, -0.1) is 0 Å². The zero-order valence-corrected chi connectivity index (χ0v) is 12.7. The molecule has 22 heavy (non-hydrogen) atoms. The van der Waals surface area contributed by atoms with Crippen molar-refractivity contribution < 1.29 is 19.1 Å². The van der Waals surface area contributed by atoms with Crippen molar-refractivity contribution in [2.75, 3.05) is 27.2 Å². The van der Waals surface area contributed by atoms with E-state index in [0.29, 0.717) is 0 Å². The second-order valence-corrected chi connectivity index (χ2v) is 5.49. The van der Waals surface area contributed by atoms with E-state index < -0.39 is 24.8 Å². The Morgan fingerprint density at radius 3 is 2.86 bits per heavy atom. The first-order valence-electron chi connectivity index (χ1n) is 7.07. The van der Waals surface area contributed by atoms with E-state index in [0.717, 1.165) is 24.2 Å². The van der Waals surface area contributed by atoms with E-state index in [9.17, 15) is 9.59 Å². The van der Waals surface area contributed by atoms with Gasteiger partial charge in [0.2, 0.25) is 0 Å². The summed E-state index contributed by atoms with van der Waals surface area (Å²) >= 11 is 0. The maximum Gasteiger partial charge on any atom is 0.509 e. The van der Waals surface area contributed by atoms with Crippen molar-refractivity contribution in [1.82, 2.24) is 10.2 Å². The Kier molecular flexibility index (Phi) is 5.21. The summed E-state index contributed by atoms with van der Waals surface area (Å²) in [6.07, 6.45) is 7.06. The predicted molar refractivity (Wildman–Crippen MR) is 80.5 cm³/mol. The molecule has 0 saturated heterocycles. The Balaban J connectivity index is 1.97. The molecule has 0 aromatic rings. The first kappa shape index (κ1) is 16.1. The molecule has 1 amide bonds. The number of amides is 1. The van der Waals surface area contributed by atoms with Gasteiger partial charge in [-0.25, -0.2) is 4.79 Å². The SMILES string of the molecule is CN(C)CCC1=CNC2=CC=CC(OC(=O)OCC(N)=O)C12. The number of nitrogens with one attached hydrogen (secondary N) is 1. The summed E-state index contributed by atoms with van der Waals surface area (Å²) in [7, 11) is 4.02. The molecule has 120 valence electrons. The molecular weight excluding hydrogens is 286 g/mol. The molecule has 1 heterocycles. The van der Waals surface area contributed by atoms with Gasteiger partial charge in [-0.3, -0.25) is 4.79 Å². The minimum absolute atomic E-state index is 0.0360. The molecule has 2 atom stereocenters. The number of nitrogens with zero attached hydrogens (tertiary/aromatic N) is 1. The number of allylic oxidation sites excluding steroid dienone is 2. The zero-order chi connectivity index (χ0) is 16.1. The van der Waals surface area contributed by atoms with Crippen molar-refractivity contribution in [3.8, 4) is 0 Å². The van der Waals surface area contributed by atoms with Crippen LogP contribution in [0.1, 0.15) is 6.42 Å². The number of hydrogen-bond acceptors (Lipinski definition) is 6. The van der Waals surface area contributed by atoms with E-state index in [-0.39, 0.29) is 5.92 Å². The highest BCUT2D eigenvalue weighted by atomic mass is 16.7. The van der Waals surface area contributed by atoms with Gasteiger partial charge in [0.1, 0.15) is 6.10 Å². The molecule has 1 aliphatic heterocycles. The lowest BCUT2D eigenvalue weighted by atomic mass is 9.88. The fourth-order valence-corrected chi connectivity index (χ4v) is 2.44. The monoisotopic (exact) mass is 307 g/mol. The van der Waals surface area contributed by atoms with E-state index in [1.54, 1.807) is 6.08 Å². The Labute approximate surface area is 129 Å². The average Bonchev–Trinajstić information content (AvgIpc) is 2.87. The standard InChI is InChI=1S/C15H21N3O4/c1-18(2)7-6-10-8-17-11-4-3-5-12(14(10)11)22-15(20)21-9-13(16)19/h3-5,8,12,14,17H,6-7,9H2,1-2H3,(H2,16,19). The van der Waals surface area contributed by atoms with E-state index in [1.165, 1.54) is 0 Å². The number of fused-ring (bicyclic) bond motifs is 1. The summed E-state index contributed by atoms with van der Waals surface area (Å²) in [5.74, 6) is -0.753. The number of hydrogen-bond donors (Lipinski definition) is 2. The van der Waals surface area contributed by atoms with Crippen LogP contribution in [0, 0.1) is 5.92 Å². The van der Waals surface area contributed by atoms with Crippen LogP contribution in [0.15, 0.2) is 35.7 Å². The lowest BCUT2D eigenvalue weighted by molar-refractivity contribution is -0.121. The third-order valence-electron chi connectivity index (χ3n) is 3.48. The summed E-state index contributed by atoms with van der Waals surface area (Å²) < 4.78 is 9.95. The largest absolute Gasteiger partial charge is 0.509 e. The molecule has 2 aliphatic rings. The van der Waals surface area contributed by atoms with Crippen molar-refractivity contribution in [1.29, 1.82) is 0 Å². The fourth-order valence-electron chi connectivity index (χ4n) is 2.44. The molecule has 0 aromatic carbocycles. The van der Waals surface area contributed by atoms with Crippen LogP contribution in [-0.4, -0.2) is 50.3 Å².